The van der Waals surface area contributed by atoms with Gasteiger partial charge in [0.2, 0.25) is 0 Å². The van der Waals surface area contributed by atoms with Crippen LogP contribution >= 0.6 is 0 Å². The highest BCUT2D eigenvalue weighted by Crippen LogP contribution is 2.36. The normalized spacial score (nSPS) is 19.2. The Kier molecular flexibility index (Phi) is 5.25. The first-order valence-electron chi connectivity index (χ1n) is 9.87. The van der Waals surface area contributed by atoms with Gasteiger partial charge in [-0.2, -0.15) is 0 Å². The van der Waals surface area contributed by atoms with E-state index in [1.165, 1.54) is 0 Å². The van der Waals surface area contributed by atoms with Crippen LogP contribution in [-0.4, -0.2) is 42.1 Å². The first-order chi connectivity index (χ1) is 12.7. The van der Waals surface area contributed by atoms with Crippen LogP contribution in [0.4, 0.5) is 0 Å². The summed E-state index contributed by atoms with van der Waals surface area (Å²) in [5, 5.41) is 10.5. The van der Waals surface area contributed by atoms with E-state index in [0.29, 0.717) is 0 Å². The average molecular weight is 382 g/mol. The molecule has 2 N–H and O–H groups in total. The minimum absolute atomic E-state index is 0.356. The summed E-state index contributed by atoms with van der Waals surface area (Å²) in [7, 11) is 1.37. The summed E-state index contributed by atoms with van der Waals surface area (Å²) in [6, 6.07) is 12.5. The fourth-order valence-corrected chi connectivity index (χ4v) is 2.85. The van der Waals surface area contributed by atoms with Crippen molar-refractivity contribution in [2.24, 2.45) is 0 Å². The Morgan fingerprint density at radius 2 is 1.46 bits per heavy atom. The topological polar surface area (TPSA) is 50.6 Å². The highest BCUT2D eigenvalue weighted by Gasteiger charge is 2.51. The van der Waals surface area contributed by atoms with Gasteiger partial charge in [0.15, 0.2) is 5.60 Å². The zero-order chi connectivity index (χ0) is 21.0. The molecule has 4 nitrogen and oxygen atoms in total. The molecule has 1 saturated heterocycles. The first kappa shape index (κ1) is 21.4. The molecule has 2 aromatic carbocycles. The van der Waals surface area contributed by atoms with E-state index in [9.17, 15) is 0 Å². The Labute approximate surface area is 170 Å². The van der Waals surface area contributed by atoms with E-state index in [1.807, 2.05) is 33.8 Å². The predicted octanol–water partition coefficient (Wildman–Crippen LogP) is 2.68. The van der Waals surface area contributed by atoms with Crippen LogP contribution in [0, 0.1) is 0 Å². The molecule has 0 unspecified atom stereocenters. The molecule has 1 radical (unpaired) electrons. The molecular formula is C22H32B2O4+. The van der Waals surface area contributed by atoms with E-state index in [1.54, 1.807) is 7.48 Å². The van der Waals surface area contributed by atoms with Crippen LogP contribution in [0.5, 0.6) is 0 Å². The average Bonchev–Trinajstić information content (AvgIpc) is 2.79. The van der Waals surface area contributed by atoms with E-state index in [-0.39, 0.29) is 18.3 Å². The van der Waals surface area contributed by atoms with Gasteiger partial charge in [-0.25, -0.2) is 0 Å². The van der Waals surface area contributed by atoms with E-state index in [0.717, 1.165) is 21.7 Å². The summed E-state index contributed by atoms with van der Waals surface area (Å²) in [5.41, 5.74) is -0.0283. The lowest BCUT2D eigenvalue weighted by atomic mass is 9.77. The quantitative estimate of drug-likeness (QED) is 0.590. The van der Waals surface area contributed by atoms with E-state index in [2.05, 4.69) is 58.0 Å². The van der Waals surface area contributed by atoms with Gasteiger partial charge in [0.1, 0.15) is 5.60 Å². The molecule has 149 valence electrons. The lowest BCUT2D eigenvalue weighted by molar-refractivity contribution is -0.0893. The van der Waals surface area contributed by atoms with Crippen LogP contribution in [0.25, 0.3) is 10.8 Å². The van der Waals surface area contributed by atoms with Gasteiger partial charge in [0.25, 0.3) is 0 Å². The van der Waals surface area contributed by atoms with Gasteiger partial charge < -0.3 is 19.1 Å². The van der Waals surface area contributed by atoms with Gasteiger partial charge >= 0.3 is 14.6 Å². The van der Waals surface area contributed by atoms with Crippen molar-refractivity contribution in [3.05, 3.63) is 36.4 Å². The Morgan fingerprint density at radius 3 is 2.04 bits per heavy atom. The summed E-state index contributed by atoms with van der Waals surface area (Å²) in [6.07, 6.45) is 0. The molecule has 1 heterocycles. The molecule has 0 atom stereocenters. The SMILES string of the molecule is CC(C)([OH2+])C(C)(C)O[B]c1ccc2ccc(B3OC(C)(C)C(C)(C)O3)cc2c1. The fourth-order valence-electron chi connectivity index (χ4n) is 2.85. The summed E-state index contributed by atoms with van der Waals surface area (Å²) in [5.74, 6) is 0. The molecule has 0 amide bonds. The summed E-state index contributed by atoms with van der Waals surface area (Å²) in [6.45, 7) is 15.8. The molecule has 1 fully saturated rings. The van der Waals surface area contributed by atoms with Crippen molar-refractivity contribution in [2.45, 2.75) is 77.8 Å². The zero-order valence-corrected chi connectivity index (χ0v) is 18.3. The first-order valence-corrected chi connectivity index (χ1v) is 9.87. The molecular weight excluding hydrogens is 350 g/mol. The van der Waals surface area contributed by atoms with Gasteiger partial charge in [0, 0.05) is 13.8 Å². The molecule has 2 aromatic rings. The van der Waals surface area contributed by atoms with Crippen molar-refractivity contribution < 1.29 is 19.1 Å². The molecule has 0 aliphatic carbocycles. The van der Waals surface area contributed by atoms with Crippen molar-refractivity contribution >= 4 is 36.3 Å². The lowest BCUT2D eigenvalue weighted by Gasteiger charge is -2.33. The maximum atomic E-state index is 8.25. The molecule has 0 spiro atoms. The molecule has 0 aromatic heterocycles. The van der Waals surface area contributed by atoms with Gasteiger partial charge in [-0.1, -0.05) is 41.9 Å². The van der Waals surface area contributed by atoms with Gasteiger partial charge in [-0.15, -0.1) is 0 Å². The number of hydrogen-bond acceptors (Lipinski definition) is 3. The molecule has 3 rings (SSSR count). The largest absolute Gasteiger partial charge is 0.494 e. The van der Waals surface area contributed by atoms with Crippen LogP contribution < -0.4 is 10.9 Å². The standard InChI is InChI=1S/C22H31B2O4/c1-19(2,25)20(3,4)26-23-17-11-9-15-10-12-18(14-16(15)13-17)24-27-21(5,6)22(7,8)28-24/h9-14,25H,1-8H3/p+1. The smallest absolute Gasteiger partial charge is 0.439 e. The molecule has 28 heavy (non-hydrogen) atoms. The maximum Gasteiger partial charge on any atom is 0.494 e. The minimum Gasteiger partial charge on any atom is -0.439 e. The van der Waals surface area contributed by atoms with Gasteiger partial charge in [0.05, 0.1) is 11.2 Å². The molecule has 1 aliphatic heterocycles. The Morgan fingerprint density at radius 1 is 0.893 bits per heavy atom. The van der Waals surface area contributed by atoms with Crippen molar-refractivity contribution in [3.63, 3.8) is 0 Å². The third-order valence-electron chi connectivity index (χ3n) is 6.41. The summed E-state index contributed by atoms with van der Waals surface area (Å²) < 4.78 is 18.3. The highest BCUT2D eigenvalue weighted by molar-refractivity contribution is 6.62. The highest BCUT2D eigenvalue weighted by atomic mass is 16.7. The van der Waals surface area contributed by atoms with Gasteiger partial charge in [-0.05, 0) is 57.8 Å². The lowest BCUT2D eigenvalue weighted by Crippen LogP contribution is -2.49. The molecule has 1 aliphatic rings. The van der Waals surface area contributed by atoms with Crippen molar-refractivity contribution in [1.82, 2.24) is 0 Å². The van der Waals surface area contributed by atoms with E-state index in [4.69, 9.17) is 19.1 Å². The van der Waals surface area contributed by atoms with E-state index >= 15 is 0 Å². The van der Waals surface area contributed by atoms with Crippen molar-refractivity contribution in [3.8, 4) is 0 Å². The van der Waals surface area contributed by atoms with Crippen molar-refractivity contribution in [1.29, 1.82) is 0 Å². The van der Waals surface area contributed by atoms with Crippen LogP contribution in [0.2, 0.25) is 0 Å². The van der Waals surface area contributed by atoms with E-state index < -0.39 is 11.2 Å². The van der Waals surface area contributed by atoms with Crippen LogP contribution in [0.3, 0.4) is 0 Å². The minimum atomic E-state index is -0.704. The second kappa shape index (κ2) is 6.87. The second-order valence-corrected chi connectivity index (χ2v) is 9.83. The number of hydrogen-bond donors (Lipinski definition) is 0. The Bertz CT molecular complexity index is 852. The number of fused-ring (bicyclic) bond motifs is 1. The number of benzene rings is 2. The monoisotopic (exact) mass is 382 g/mol. The van der Waals surface area contributed by atoms with Crippen molar-refractivity contribution in [2.75, 3.05) is 0 Å². The van der Waals surface area contributed by atoms with Crippen LogP contribution in [-0.2, 0) is 14.0 Å². The molecule has 0 saturated carbocycles. The maximum absolute atomic E-state index is 8.25. The molecule has 0 bridgehead atoms. The Balaban J connectivity index is 1.83. The van der Waals surface area contributed by atoms with Crippen LogP contribution in [0.15, 0.2) is 36.4 Å². The molecule has 6 heteroatoms. The fraction of sp³-hybridized carbons (Fsp3) is 0.545. The second-order valence-electron chi connectivity index (χ2n) is 9.83. The zero-order valence-electron chi connectivity index (χ0n) is 18.3. The number of rotatable bonds is 5. The third kappa shape index (κ3) is 4.02. The third-order valence-corrected chi connectivity index (χ3v) is 6.41. The summed E-state index contributed by atoms with van der Waals surface area (Å²) >= 11 is 0. The Hall–Kier alpha value is -1.33. The van der Waals surface area contributed by atoms with Gasteiger partial charge in [-0.3, -0.25) is 0 Å². The van der Waals surface area contributed by atoms with Crippen LogP contribution in [0.1, 0.15) is 55.4 Å². The predicted molar refractivity (Wildman–Crippen MR) is 118 cm³/mol. The summed E-state index contributed by atoms with van der Waals surface area (Å²) in [4.78, 5) is 0.